The molecule has 1 amide bonds. The monoisotopic (exact) mass is 208 g/mol. The maximum absolute atomic E-state index is 11.6. The second kappa shape index (κ2) is 4.65. The molecule has 0 unspecified atom stereocenters. The number of nitrogens with zero attached hydrogens (tertiary/aromatic N) is 1. The fourth-order valence-corrected chi connectivity index (χ4v) is 1.90. The Balaban J connectivity index is 2.63. The zero-order valence-corrected chi connectivity index (χ0v) is 9.84. The minimum atomic E-state index is -0.589. The number of nitrogens with one attached hydrogen (secondary N) is 1. The molecule has 1 fully saturated rings. The molecule has 1 aliphatic rings. The molecule has 0 aromatic carbocycles. The highest BCUT2D eigenvalue weighted by Crippen LogP contribution is 2.31. The number of nitriles is 1. The summed E-state index contributed by atoms with van der Waals surface area (Å²) in [6.45, 7) is 5.91. The van der Waals surface area contributed by atoms with Crippen molar-refractivity contribution >= 4 is 5.91 Å². The van der Waals surface area contributed by atoms with E-state index in [0.29, 0.717) is 5.92 Å². The number of carbonyl (C=O) groups is 1. The van der Waals surface area contributed by atoms with Gasteiger partial charge in [-0.3, -0.25) is 4.79 Å². The molecule has 1 rings (SSSR count). The van der Waals surface area contributed by atoms with Crippen molar-refractivity contribution in [3.8, 4) is 6.07 Å². The molecular formula is C12H20N2O. The van der Waals surface area contributed by atoms with Gasteiger partial charge in [-0.2, -0.15) is 5.26 Å². The lowest BCUT2D eigenvalue weighted by Crippen LogP contribution is -2.50. The Morgan fingerprint density at radius 1 is 1.47 bits per heavy atom. The molecule has 0 heterocycles. The van der Waals surface area contributed by atoms with Crippen molar-refractivity contribution < 1.29 is 4.79 Å². The number of amides is 1. The van der Waals surface area contributed by atoms with Gasteiger partial charge >= 0.3 is 0 Å². The predicted octanol–water partition coefficient (Wildman–Crippen LogP) is 2.23. The summed E-state index contributed by atoms with van der Waals surface area (Å²) in [5.74, 6) is 0.628. The van der Waals surface area contributed by atoms with Gasteiger partial charge < -0.3 is 5.32 Å². The number of rotatable bonds is 2. The lowest BCUT2D eigenvalue weighted by molar-refractivity contribution is -0.125. The van der Waals surface area contributed by atoms with Crippen LogP contribution in [0.4, 0.5) is 0 Å². The van der Waals surface area contributed by atoms with E-state index in [1.54, 1.807) is 0 Å². The molecule has 0 aromatic heterocycles. The van der Waals surface area contributed by atoms with E-state index in [0.717, 1.165) is 25.7 Å². The third-order valence-electron chi connectivity index (χ3n) is 3.23. The molecule has 0 spiro atoms. The van der Waals surface area contributed by atoms with E-state index in [1.165, 1.54) is 0 Å². The van der Waals surface area contributed by atoms with Gasteiger partial charge in [0.05, 0.1) is 6.07 Å². The topological polar surface area (TPSA) is 52.9 Å². The van der Waals surface area contributed by atoms with Crippen LogP contribution >= 0.6 is 0 Å². The van der Waals surface area contributed by atoms with Crippen LogP contribution in [0.3, 0.4) is 0 Å². The van der Waals surface area contributed by atoms with Gasteiger partial charge in [0.25, 0.3) is 0 Å². The molecule has 15 heavy (non-hydrogen) atoms. The highest BCUT2D eigenvalue weighted by atomic mass is 16.2. The lowest BCUT2D eigenvalue weighted by atomic mass is 9.78. The summed E-state index contributed by atoms with van der Waals surface area (Å²) in [6.07, 6.45) is 3.66. The maximum atomic E-state index is 11.6. The Labute approximate surface area is 91.9 Å². The summed E-state index contributed by atoms with van der Waals surface area (Å²) >= 11 is 0. The van der Waals surface area contributed by atoms with E-state index in [9.17, 15) is 10.1 Å². The summed E-state index contributed by atoms with van der Waals surface area (Å²) in [5.41, 5.74) is -0.589. The van der Waals surface area contributed by atoms with E-state index < -0.39 is 5.54 Å². The average molecular weight is 208 g/mol. The summed E-state index contributed by atoms with van der Waals surface area (Å²) < 4.78 is 0. The average Bonchev–Trinajstić information content (AvgIpc) is 2.21. The molecule has 84 valence electrons. The molecule has 1 aliphatic carbocycles. The standard InChI is InChI=1S/C12H20N2O/c1-9(2)11(15)14-12(8-13)6-4-10(3)5-7-12/h9-10H,4-7H2,1-3H3,(H,14,15). The first kappa shape index (κ1) is 12.0. The van der Waals surface area contributed by atoms with Crippen LogP contribution in [0.15, 0.2) is 0 Å². The Morgan fingerprint density at radius 2 is 2.00 bits per heavy atom. The fourth-order valence-electron chi connectivity index (χ4n) is 1.90. The maximum Gasteiger partial charge on any atom is 0.223 e. The lowest BCUT2D eigenvalue weighted by Gasteiger charge is -2.34. The van der Waals surface area contributed by atoms with E-state index in [2.05, 4.69) is 18.3 Å². The van der Waals surface area contributed by atoms with Crippen LogP contribution in [0.5, 0.6) is 0 Å². The van der Waals surface area contributed by atoms with Gasteiger partial charge in [-0.05, 0) is 31.6 Å². The summed E-state index contributed by atoms with van der Waals surface area (Å²) in [7, 11) is 0. The molecule has 0 aliphatic heterocycles. The van der Waals surface area contributed by atoms with Crippen molar-refractivity contribution in [1.82, 2.24) is 5.32 Å². The van der Waals surface area contributed by atoms with E-state index in [-0.39, 0.29) is 11.8 Å². The Morgan fingerprint density at radius 3 is 2.40 bits per heavy atom. The van der Waals surface area contributed by atoms with Crippen LogP contribution in [0, 0.1) is 23.2 Å². The van der Waals surface area contributed by atoms with E-state index in [1.807, 2.05) is 13.8 Å². The quantitative estimate of drug-likeness (QED) is 0.756. The minimum absolute atomic E-state index is 0.00824. The second-order valence-corrected chi connectivity index (χ2v) is 5.02. The van der Waals surface area contributed by atoms with Gasteiger partial charge in [0.1, 0.15) is 5.54 Å². The van der Waals surface area contributed by atoms with Crippen molar-refractivity contribution in [2.24, 2.45) is 11.8 Å². The molecule has 0 radical (unpaired) electrons. The molecule has 3 heteroatoms. The van der Waals surface area contributed by atoms with Gasteiger partial charge in [0, 0.05) is 5.92 Å². The Hall–Kier alpha value is -1.04. The van der Waals surface area contributed by atoms with Crippen LogP contribution in [0.25, 0.3) is 0 Å². The van der Waals surface area contributed by atoms with Crippen molar-refractivity contribution in [2.45, 2.75) is 52.0 Å². The van der Waals surface area contributed by atoms with Crippen molar-refractivity contribution in [3.63, 3.8) is 0 Å². The zero-order valence-electron chi connectivity index (χ0n) is 9.84. The van der Waals surface area contributed by atoms with Gasteiger partial charge in [0.15, 0.2) is 0 Å². The third kappa shape index (κ3) is 2.95. The van der Waals surface area contributed by atoms with Crippen LogP contribution in [-0.2, 0) is 4.79 Å². The first-order valence-corrected chi connectivity index (χ1v) is 5.72. The molecule has 3 nitrogen and oxygen atoms in total. The highest BCUT2D eigenvalue weighted by molar-refractivity contribution is 5.79. The predicted molar refractivity (Wildman–Crippen MR) is 59.0 cm³/mol. The first-order chi connectivity index (χ1) is 6.99. The smallest absolute Gasteiger partial charge is 0.223 e. The van der Waals surface area contributed by atoms with Crippen molar-refractivity contribution in [3.05, 3.63) is 0 Å². The molecule has 0 aromatic rings. The van der Waals surface area contributed by atoms with Crippen LogP contribution in [0.1, 0.15) is 46.5 Å². The SMILES string of the molecule is CC1CCC(C#N)(NC(=O)C(C)C)CC1. The molecular weight excluding hydrogens is 188 g/mol. The van der Waals surface area contributed by atoms with Crippen molar-refractivity contribution in [2.75, 3.05) is 0 Å². The summed E-state index contributed by atoms with van der Waals surface area (Å²) in [5, 5.41) is 12.1. The minimum Gasteiger partial charge on any atom is -0.338 e. The summed E-state index contributed by atoms with van der Waals surface area (Å²) in [6, 6.07) is 2.29. The Kier molecular flexibility index (Phi) is 3.73. The molecule has 1 N–H and O–H groups in total. The number of hydrogen-bond acceptors (Lipinski definition) is 2. The first-order valence-electron chi connectivity index (χ1n) is 5.72. The van der Waals surface area contributed by atoms with Crippen molar-refractivity contribution in [1.29, 1.82) is 5.26 Å². The van der Waals surface area contributed by atoms with Crippen LogP contribution in [0.2, 0.25) is 0 Å². The van der Waals surface area contributed by atoms with E-state index >= 15 is 0 Å². The molecule has 0 bridgehead atoms. The summed E-state index contributed by atoms with van der Waals surface area (Å²) in [4.78, 5) is 11.6. The second-order valence-electron chi connectivity index (χ2n) is 5.02. The number of hydrogen-bond donors (Lipinski definition) is 1. The Bertz CT molecular complexity index is 270. The molecule has 1 saturated carbocycles. The zero-order chi connectivity index (χ0) is 11.5. The van der Waals surface area contributed by atoms with Crippen LogP contribution in [-0.4, -0.2) is 11.4 Å². The van der Waals surface area contributed by atoms with Gasteiger partial charge in [-0.25, -0.2) is 0 Å². The number of carbonyl (C=O) groups excluding carboxylic acids is 1. The van der Waals surface area contributed by atoms with E-state index in [4.69, 9.17) is 0 Å². The molecule has 0 atom stereocenters. The fraction of sp³-hybridized carbons (Fsp3) is 0.833. The largest absolute Gasteiger partial charge is 0.338 e. The van der Waals surface area contributed by atoms with Gasteiger partial charge in [0.2, 0.25) is 5.91 Å². The van der Waals surface area contributed by atoms with Crippen LogP contribution < -0.4 is 5.32 Å². The molecule has 0 saturated heterocycles. The van der Waals surface area contributed by atoms with Gasteiger partial charge in [-0.1, -0.05) is 20.8 Å². The normalized spacial score (nSPS) is 31.0. The highest BCUT2D eigenvalue weighted by Gasteiger charge is 2.35. The third-order valence-corrected chi connectivity index (χ3v) is 3.23. The van der Waals surface area contributed by atoms with Gasteiger partial charge in [-0.15, -0.1) is 0 Å².